The molecule has 0 saturated carbocycles. The fourth-order valence-corrected chi connectivity index (χ4v) is 10.7. The first kappa shape index (κ1) is 67.5. The van der Waals surface area contributed by atoms with Crippen molar-refractivity contribution >= 4 is 35.1 Å². The lowest BCUT2D eigenvalue weighted by atomic mass is 9.81. The molecular weight excluding hydrogens is 1190 g/mol. The number of esters is 2. The van der Waals surface area contributed by atoms with Gasteiger partial charge in [0.2, 0.25) is 11.8 Å². The molecule has 4 aromatic carbocycles. The quantitative estimate of drug-likeness (QED) is 0.0898. The minimum atomic E-state index is -5.09. The standard InChI is InChI=1S/2C31H30F7N3O3/c2*1-16-10-20(32)6-7-21(16)22-14-25(23-8-9-24(40-23)27(42)44-5)39-15-26(22)41(4)28(43)29(2,3)17-11-18(30(33,34)35)13-19(12-17)31(36,37)38/h2*6-7,10-15,23-24,40H,8-9H2,1-5H3/t23-,24+;23-,24-/m01/s1. The summed E-state index contributed by atoms with van der Waals surface area (Å²) >= 11 is 0. The number of aromatic nitrogens is 2. The molecule has 0 unspecified atom stereocenters. The van der Waals surface area contributed by atoms with Crippen LogP contribution in [0.3, 0.4) is 0 Å². The number of nitrogens with zero attached hydrogens (tertiary/aromatic N) is 4. The fourth-order valence-electron chi connectivity index (χ4n) is 10.7. The lowest BCUT2D eigenvalue weighted by Crippen LogP contribution is -2.42. The van der Waals surface area contributed by atoms with E-state index in [1.165, 1.54) is 105 Å². The summed E-state index contributed by atoms with van der Waals surface area (Å²) in [4.78, 5) is 63.1. The summed E-state index contributed by atoms with van der Waals surface area (Å²) in [5, 5.41) is 6.30. The molecule has 8 rings (SSSR count). The van der Waals surface area contributed by atoms with Gasteiger partial charge < -0.3 is 19.3 Å². The SMILES string of the molecule is COC(=O)[C@H]1CC[C@@H](c2cc(-c3ccc(F)cc3C)c(N(C)C(=O)C(C)(C)c3cc(C(F)(F)F)cc(C(F)(F)F)c3)cn2)N1.COC(=O)[C@H]1CC[C@H](c2cc(-c3ccc(F)cc3C)c(N(C)C(=O)C(C)(C)c3cc(C(F)(F)F)cc(C(F)(F)F)c3)cn2)N1. The Morgan fingerprint density at radius 1 is 0.455 bits per heavy atom. The number of pyridine rings is 2. The number of anilines is 2. The Kier molecular flexibility index (Phi) is 19.4. The number of carbonyl (C=O) groups is 4. The Morgan fingerprint density at radius 2 is 0.750 bits per heavy atom. The van der Waals surface area contributed by atoms with Gasteiger partial charge in [0.15, 0.2) is 0 Å². The number of hydrogen-bond acceptors (Lipinski definition) is 10. The van der Waals surface area contributed by atoms with E-state index in [2.05, 4.69) is 20.6 Å². The summed E-state index contributed by atoms with van der Waals surface area (Å²) in [6, 6.07) is 11.7. The van der Waals surface area contributed by atoms with Crippen molar-refractivity contribution in [3.05, 3.63) is 165 Å². The Labute approximate surface area is 496 Å². The fraction of sp³-hybridized carbons (Fsp3) is 0.387. The average Bonchev–Trinajstić information content (AvgIpc) is 1.23. The number of aryl methyl sites for hydroxylation is 2. The Morgan fingerprint density at radius 3 is 1.02 bits per heavy atom. The number of halogens is 14. The van der Waals surface area contributed by atoms with Crippen LogP contribution in [0, 0.1) is 25.5 Å². The number of methoxy groups -OCH3 is 2. The number of hydrogen-bond donors (Lipinski definition) is 2. The monoisotopic (exact) mass is 1250 g/mol. The van der Waals surface area contributed by atoms with Crippen molar-refractivity contribution in [2.45, 2.75) is 127 Å². The highest BCUT2D eigenvalue weighted by atomic mass is 19.4. The summed E-state index contributed by atoms with van der Waals surface area (Å²) in [5.74, 6) is -3.51. The molecule has 2 N–H and O–H groups in total. The number of ether oxygens (including phenoxy) is 2. The highest BCUT2D eigenvalue weighted by Gasteiger charge is 2.44. The number of likely N-dealkylation sites (N-methyl/N-ethyl adjacent to an activating group) is 2. The van der Waals surface area contributed by atoms with Crippen LogP contribution in [-0.4, -0.2) is 74.1 Å². The van der Waals surface area contributed by atoms with Gasteiger partial charge in [-0.2, -0.15) is 52.7 Å². The summed E-state index contributed by atoms with van der Waals surface area (Å²) in [5.41, 5.74) is -6.55. The van der Waals surface area contributed by atoms with E-state index in [9.17, 15) is 80.6 Å². The van der Waals surface area contributed by atoms with Gasteiger partial charge in [0, 0.05) is 25.2 Å². The predicted molar refractivity (Wildman–Crippen MR) is 296 cm³/mol. The van der Waals surface area contributed by atoms with Crippen LogP contribution in [0.2, 0.25) is 0 Å². The van der Waals surface area contributed by atoms with Crippen LogP contribution in [0.15, 0.2) is 97.3 Å². The lowest BCUT2D eigenvalue weighted by molar-refractivity contribution is -0.144. The molecular formula is C62H60F14N6O6. The van der Waals surface area contributed by atoms with Gasteiger partial charge in [0.1, 0.15) is 23.7 Å². The molecule has 2 aliphatic rings. The third-order valence-electron chi connectivity index (χ3n) is 15.8. The Hall–Kier alpha value is -8.00. The molecule has 0 bridgehead atoms. The molecule has 4 atom stereocenters. The van der Waals surface area contributed by atoms with Crippen LogP contribution in [0.1, 0.15) is 121 Å². The van der Waals surface area contributed by atoms with Crippen molar-refractivity contribution in [2.75, 3.05) is 38.1 Å². The molecule has 2 aliphatic heterocycles. The smallest absolute Gasteiger partial charge is 0.416 e. The molecule has 4 heterocycles. The first-order valence-corrected chi connectivity index (χ1v) is 27.1. The van der Waals surface area contributed by atoms with Gasteiger partial charge in [0.05, 0.1) is 94.5 Å². The second kappa shape index (κ2) is 25.2. The lowest BCUT2D eigenvalue weighted by Gasteiger charge is -2.32. The molecule has 0 spiro atoms. The molecule has 2 fully saturated rings. The molecule has 2 saturated heterocycles. The van der Waals surface area contributed by atoms with Gasteiger partial charge in [0.25, 0.3) is 0 Å². The van der Waals surface area contributed by atoms with Crippen molar-refractivity contribution in [2.24, 2.45) is 0 Å². The molecule has 12 nitrogen and oxygen atoms in total. The van der Waals surface area contributed by atoms with Gasteiger partial charge in [-0.1, -0.05) is 12.1 Å². The zero-order valence-corrected chi connectivity index (χ0v) is 48.9. The third-order valence-corrected chi connectivity index (χ3v) is 15.8. The number of rotatable bonds is 12. The minimum Gasteiger partial charge on any atom is -0.468 e. The van der Waals surface area contributed by atoms with Crippen LogP contribution in [0.25, 0.3) is 22.3 Å². The van der Waals surface area contributed by atoms with E-state index >= 15 is 0 Å². The molecule has 0 aliphatic carbocycles. The van der Waals surface area contributed by atoms with Crippen molar-refractivity contribution in [1.82, 2.24) is 20.6 Å². The first-order chi connectivity index (χ1) is 40.7. The van der Waals surface area contributed by atoms with Crippen molar-refractivity contribution < 1.29 is 90.1 Å². The summed E-state index contributed by atoms with van der Waals surface area (Å²) in [6.07, 6.45) is -15.6. The van der Waals surface area contributed by atoms with Gasteiger partial charge in [-0.25, -0.2) is 8.78 Å². The largest absolute Gasteiger partial charge is 0.468 e. The Bertz CT molecular complexity index is 3340. The van der Waals surface area contributed by atoms with E-state index in [1.807, 2.05) is 0 Å². The molecule has 88 heavy (non-hydrogen) atoms. The van der Waals surface area contributed by atoms with E-state index in [0.717, 1.165) is 9.80 Å². The van der Waals surface area contributed by atoms with Crippen molar-refractivity contribution in [1.29, 1.82) is 0 Å². The van der Waals surface area contributed by atoms with Crippen LogP contribution in [0.5, 0.6) is 0 Å². The van der Waals surface area contributed by atoms with Crippen LogP contribution < -0.4 is 20.4 Å². The van der Waals surface area contributed by atoms with Gasteiger partial charge in [-0.15, -0.1) is 0 Å². The first-order valence-electron chi connectivity index (χ1n) is 27.1. The summed E-state index contributed by atoms with van der Waals surface area (Å²) in [6.45, 7) is 8.25. The van der Waals surface area contributed by atoms with Crippen LogP contribution in [-0.2, 0) is 64.2 Å². The van der Waals surface area contributed by atoms with E-state index in [-0.39, 0.29) is 35.6 Å². The molecule has 26 heteroatoms. The normalized spacial score (nSPS) is 17.5. The second-order valence-electron chi connectivity index (χ2n) is 22.5. The highest BCUT2D eigenvalue weighted by molar-refractivity contribution is 6.04. The topological polar surface area (TPSA) is 143 Å². The summed E-state index contributed by atoms with van der Waals surface area (Å²) < 4.78 is 201. The number of carbonyl (C=O) groups excluding carboxylic acids is 4. The number of alkyl halides is 12. The number of benzene rings is 4. The maximum absolute atomic E-state index is 14.0. The molecule has 2 amide bonds. The zero-order valence-electron chi connectivity index (χ0n) is 48.9. The van der Waals surface area contributed by atoms with Crippen molar-refractivity contribution in [3.8, 4) is 22.3 Å². The molecule has 472 valence electrons. The summed E-state index contributed by atoms with van der Waals surface area (Å²) in [7, 11) is 5.22. The van der Waals surface area contributed by atoms with Gasteiger partial charge in [-0.3, -0.25) is 39.8 Å². The van der Waals surface area contributed by atoms with E-state index in [4.69, 9.17) is 9.47 Å². The van der Waals surface area contributed by atoms with E-state index in [1.54, 1.807) is 26.0 Å². The number of nitrogens with one attached hydrogen (secondary N) is 2. The predicted octanol–water partition coefficient (Wildman–Crippen LogP) is 14.3. The second-order valence-corrected chi connectivity index (χ2v) is 22.5. The zero-order chi connectivity index (χ0) is 65.6. The highest BCUT2D eigenvalue weighted by Crippen LogP contribution is 2.45. The van der Waals surface area contributed by atoms with Crippen LogP contribution >= 0.6 is 0 Å². The van der Waals surface area contributed by atoms with E-state index < -0.39 is 116 Å². The average molecular weight is 1250 g/mol. The molecule has 6 aromatic rings. The minimum absolute atomic E-state index is 0.00758. The maximum atomic E-state index is 14.0. The molecule has 0 radical (unpaired) electrons. The Balaban J connectivity index is 0.000000251. The maximum Gasteiger partial charge on any atom is 0.416 e. The third kappa shape index (κ3) is 14.6. The van der Waals surface area contributed by atoms with E-state index in [0.29, 0.717) is 94.7 Å². The molecule has 2 aromatic heterocycles. The van der Waals surface area contributed by atoms with Crippen LogP contribution in [0.4, 0.5) is 72.8 Å². The van der Waals surface area contributed by atoms with Crippen molar-refractivity contribution in [3.63, 3.8) is 0 Å². The van der Waals surface area contributed by atoms with Gasteiger partial charge >= 0.3 is 36.6 Å². The van der Waals surface area contributed by atoms with Gasteiger partial charge in [-0.05, 0) is 173 Å². The number of amides is 2.